The van der Waals surface area contributed by atoms with Crippen LogP contribution < -0.4 is 10.6 Å². The van der Waals surface area contributed by atoms with E-state index in [2.05, 4.69) is 59.5 Å². The van der Waals surface area contributed by atoms with Gasteiger partial charge >= 0.3 is 0 Å². The first-order chi connectivity index (χ1) is 11.2. The van der Waals surface area contributed by atoms with Crippen LogP contribution in [0.25, 0.3) is 5.70 Å². The Kier molecular flexibility index (Phi) is 7.24. The molecule has 6 nitrogen and oxygen atoms in total. The maximum atomic E-state index is 13.3. The fourth-order valence-corrected chi connectivity index (χ4v) is 2.59. The van der Waals surface area contributed by atoms with E-state index in [-0.39, 0.29) is 5.82 Å². The number of rotatable bonds is 8. The lowest BCUT2D eigenvalue weighted by molar-refractivity contribution is 0.210. The second kappa shape index (κ2) is 9.18. The van der Waals surface area contributed by atoms with Crippen molar-refractivity contribution in [1.29, 1.82) is 0 Å². The normalized spacial score (nSPS) is 11.6. The Morgan fingerprint density at radius 2 is 2.30 bits per heavy atom. The third-order valence-electron chi connectivity index (χ3n) is 2.82. The second-order valence-electron chi connectivity index (χ2n) is 4.41. The monoisotopic (exact) mass is 496 g/mol. The van der Waals surface area contributed by atoms with Crippen LogP contribution in [0.4, 0.5) is 15.9 Å². The zero-order valence-corrected chi connectivity index (χ0v) is 16.0. The van der Waals surface area contributed by atoms with Gasteiger partial charge in [-0.3, -0.25) is 0 Å². The number of allylic oxidation sites excluding steroid dienone is 1. The summed E-state index contributed by atoms with van der Waals surface area (Å²) in [5, 5.41) is 14.1. The summed E-state index contributed by atoms with van der Waals surface area (Å²) in [6.07, 6.45) is 1.94. The minimum absolute atomic E-state index is 0.319. The van der Waals surface area contributed by atoms with Crippen LogP contribution in [0.1, 0.15) is 5.69 Å². The average molecular weight is 497 g/mol. The lowest BCUT2D eigenvalue weighted by atomic mass is 10.2. The molecule has 9 heteroatoms. The fraction of sp³-hybridized carbons (Fsp3) is 0.286. The number of nitrogens with zero attached hydrogens (tertiary/aromatic N) is 2. The van der Waals surface area contributed by atoms with Crippen molar-refractivity contribution in [3.63, 3.8) is 0 Å². The highest BCUT2D eigenvalue weighted by molar-refractivity contribution is 14.1. The number of anilines is 2. The summed E-state index contributed by atoms with van der Waals surface area (Å²) in [5.74, 6) is 0.201. The van der Waals surface area contributed by atoms with E-state index in [9.17, 15) is 4.39 Å². The third-order valence-corrected chi connectivity index (χ3v) is 3.87. The van der Waals surface area contributed by atoms with Gasteiger partial charge in [-0.15, -0.1) is 0 Å². The van der Waals surface area contributed by atoms with Crippen molar-refractivity contribution in [2.75, 3.05) is 35.3 Å². The smallest absolute Gasteiger partial charge is 0.200 e. The van der Waals surface area contributed by atoms with E-state index in [4.69, 9.17) is 9.37 Å². The molecule has 0 aliphatic heterocycles. The van der Waals surface area contributed by atoms with Crippen molar-refractivity contribution in [3.8, 4) is 0 Å². The number of alkyl halides is 1. The van der Waals surface area contributed by atoms with Crippen LogP contribution in [0, 0.1) is 5.82 Å². The van der Waals surface area contributed by atoms with Gasteiger partial charge in [0.1, 0.15) is 5.82 Å². The quantitative estimate of drug-likeness (QED) is 0.328. The molecule has 0 saturated heterocycles. The van der Waals surface area contributed by atoms with Gasteiger partial charge in [0.15, 0.2) is 5.69 Å². The predicted octanol–water partition coefficient (Wildman–Crippen LogP) is 3.92. The molecule has 0 aliphatic rings. The first-order valence-electron chi connectivity index (χ1n) is 6.69. The molecule has 0 unspecified atom stereocenters. The fourth-order valence-electron chi connectivity index (χ4n) is 1.77. The van der Waals surface area contributed by atoms with Gasteiger partial charge in [0.05, 0.1) is 16.8 Å². The van der Waals surface area contributed by atoms with Crippen molar-refractivity contribution in [2.45, 2.75) is 0 Å². The average Bonchev–Trinajstić information content (AvgIpc) is 2.99. The highest BCUT2D eigenvalue weighted by Gasteiger charge is 2.15. The molecule has 0 aliphatic carbocycles. The van der Waals surface area contributed by atoms with Crippen molar-refractivity contribution in [3.05, 3.63) is 40.3 Å². The van der Waals surface area contributed by atoms with E-state index < -0.39 is 0 Å². The number of hydrogen-bond acceptors (Lipinski definition) is 6. The van der Waals surface area contributed by atoms with E-state index >= 15 is 0 Å². The van der Waals surface area contributed by atoms with E-state index in [1.165, 1.54) is 6.07 Å². The van der Waals surface area contributed by atoms with Crippen LogP contribution in [0.15, 0.2) is 33.4 Å². The lowest BCUT2D eigenvalue weighted by Gasteiger charge is -2.11. The summed E-state index contributed by atoms with van der Waals surface area (Å²) in [5.41, 5.74) is 2.00. The summed E-state index contributed by atoms with van der Waals surface area (Å²) in [6.45, 7) is 1.12. The maximum absolute atomic E-state index is 13.3. The van der Waals surface area contributed by atoms with Crippen molar-refractivity contribution in [1.82, 2.24) is 10.3 Å². The molecule has 2 N–H and O–H groups in total. The van der Waals surface area contributed by atoms with Crippen LogP contribution in [0.5, 0.6) is 0 Å². The molecule has 0 amide bonds. The molecule has 0 spiro atoms. The standard InChI is InChI=1S/C14H15BrFIN4O2/c1-22-7-6-18-14-13(20-23-21-14)12(4-5-17)19-9-2-3-11(16)10(15)8-9/h2-4,8,19H,5-7H2,1H3,(H,18,21)/b12-4-. The van der Waals surface area contributed by atoms with E-state index in [1.807, 2.05) is 6.08 Å². The molecule has 1 aromatic heterocycles. The number of ether oxygens (including phenoxy) is 1. The Labute approximate surface area is 155 Å². The first kappa shape index (κ1) is 18.1. The number of methoxy groups -OCH3 is 1. The van der Waals surface area contributed by atoms with Gasteiger partial charge in [-0.05, 0) is 50.5 Å². The van der Waals surface area contributed by atoms with Gasteiger partial charge in [-0.1, -0.05) is 22.6 Å². The van der Waals surface area contributed by atoms with Crippen molar-refractivity contribution < 1.29 is 13.8 Å². The number of nitrogens with one attached hydrogen (secondary N) is 2. The Hall–Kier alpha value is -1.20. The van der Waals surface area contributed by atoms with Gasteiger partial charge in [0.25, 0.3) is 0 Å². The van der Waals surface area contributed by atoms with Crippen LogP contribution in [-0.4, -0.2) is 35.0 Å². The Balaban J connectivity index is 2.20. The Morgan fingerprint density at radius 1 is 1.48 bits per heavy atom. The molecule has 0 atom stereocenters. The molecule has 0 saturated carbocycles. The summed E-state index contributed by atoms with van der Waals surface area (Å²) < 4.78 is 24.3. The van der Waals surface area contributed by atoms with E-state index in [0.29, 0.717) is 29.1 Å². The van der Waals surface area contributed by atoms with Crippen LogP contribution in [-0.2, 0) is 4.74 Å². The Morgan fingerprint density at radius 3 is 3.00 bits per heavy atom. The van der Waals surface area contributed by atoms with Gasteiger partial charge in [-0.25, -0.2) is 9.02 Å². The largest absolute Gasteiger partial charge is 0.383 e. The van der Waals surface area contributed by atoms with Crippen LogP contribution in [0.2, 0.25) is 0 Å². The van der Waals surface area contributed by atoms with E-state index in [1.54, 1.807) is 19.2 Å². The van der Waals surface area contributed by atoms with Crippen LogP contribution in [0.3, 0.4) is 0 Å². The Bertz CT molecular complexity index is 681. The van der Waals surface area contributed by atoms with E-state index in [0.717, 1.165) is 15.8 Å². The summed E-state index contributed by atoms with van der Waals surface area (Å²) >= 11 is 5.40. The molecule has 0 radical (unpaired) electrons. The topological polar surface area (TPSA) is 72.2 Å². The lowest BCUT2D eigenvalue weighted by Crippen LogP contribution is -2.10. The molecular weight excluding hydrogens is 482 g/mol. The predicted molar refractivity (Wildman–Crippen MR) is 99.3 cm³/mol. The number of halogens is 3. The minimum Gasteiger partial charge on any atom is -0.383 e. The molecule has 2 rings (SSSR count). The number of hydrogen-bond donors (Lipinski definition) is 2. The van der Waals surface area contributed by atoms with Gasteiger partial charge in [0, 0.05) is 23.8 Å². The molecule has 2 aromatic rings. The van der Waals surface area contributed by atoms with Crippen molar-refractivity contribution in [2.24, 2.45) is 0 Å². The molecular formula is C14H15BrFIN4O2. The zero-order chi connectivity index (χ0) is 16.7. The molecule has 1 aromatic carbocycles. The van der Waals surface area contributed by atoms with Crippen LogP contribution >= 0.6 is 38.5 Å². The molecule has 124 valence electrons. The van der Waals surface area contributed by atoms with Gasteiger partial charge < -0.3 is 15.4 Å². The highest BCUT2D eigenvalue weighted by Crippen LogP contribution is 2.26. The van der Waals surface area contributed by atoms with Gasteiger partial charge in [-0.2, -0.15) is 0 Å². The second-order valence-corrected chi connectivity index (χ2v) is 6.14. The summed E-state index contributed by atoms with van der Waals surface area (Å²) in [4.78, 5) is 0. The molecule has 1 heterocycles. The molecule has 23 heavy (non-hydrogen) atoms. The SMILES string of the molecule is COCCNc1nonc1/C(=C/CI)Nc1ccc(F)c(Br)c1. The third kappa shape index (κ3) is 5.15. The van der Waals surface area contributed by atoms with Gasteiger partial charge in [0.2, 0.25) is 5.82 Å². The number of aromatic nitrogens is 2. The minimum atomic E-state index is -0.319. The first-order valence-corrected chi connectivity index (χ1v) is 9.01. The van der Waals surface area contributed by atoms with Crippen molar-refractivity contribution >= 4 is 55.7 Å². The summed E-state index contributed by atoms with van der Waals surface area (Å²) in [7, 11) is 1.62. The molecule has 0 bridgehead atoms. The highest BCUT2D eigenvalue weighted by atomic mass is 127. The maximum Gasteiger partial charge on any atom is 0.200 e. The molecule has 0 fully saturated rings. The zero-order valence-electron chi connectivity index (χ0n) is 12.3. The summed E-state index contributed by atoms with van der Waals surface area (Å²) in [6, 6.07) is 4.68. The number of benzene rings is 1.